The number of nitrogens with two attached hydrogens (primary N) is 1. The van der Waals surface area contributed by atoms with Crippen LogP contribution in [-0.4, -0.2) is 168 Å². The van der Waals surface area contributed by atoms with E-state index >= 15 is 0 Å². The fourth-order valence-corrected chi connectivity index (χ4v) is 5.13. The summed E-state index contributed by atoms with van der Waals surface area (Å²) in [5.74, 6) is -2.37. The van der Waals surface area contributed by atoms with Crippen LogP contribution in [0.25, 0.3) is 0 Å². The second kappa shape index (κ2) is 32.0. The van der Waals surface area contributed by atoms with Crippen LogP contribution in [0.5, 0.6) is 5.75 Å². The molecule has 0 saturated carbocycles. The lowest BCUT2D eigenvalue weighted by atomic mass is 10.0. The van der Waals surface area contributed by atoms with Crippen LogP contribution < -0.4 is 21.1 Å². The van der Waals surface area contributed by atoms with Crippen molar-refractivity contribution in [1.82, 2.24) is 10.6 Å². The van der Waals surface area contributed by atoms with Crippen LogP contribution in [0.2, 0.25) is 0 Å². The van der Waals surface area contributed by atoms with Gasteiger partial charge in [-0.1, -0.05) is 13.8 Å². The number of carbonyl (C=O) groups is 4. The first-order chi connectivity index (χ1) is 29.7. The molecule has 1 aromatic rings. The van der Waals surface area contributed by atoms with Crippen molar-refractivity contribution in [2.24, 2.45) is 11.7 Å². The maximum absolute atomic E-state index is 13.0. The summed E-state index contributed by atoms with van der Waals surface area (Å²) in [5, 5.41) is 33.3. The molecule has 1 aliphatic heterocycles. The number of halogens is 3. The molecule has 0 radical (unpaired) electrons. The number of primary amides is 1. The van der Waals surface area contributed by atoms with Crippen LogP contribution >= 0.6 is 0 Å². The number of rotatable bonds is 32. The average Bonchev–Trinajstić information content (AvgIpc) is 3.19. The molecule has 19 nitrogen and oxygen atoms in total. The molecule has 0 aliphatic carbocycles. The SMILES string of the molecule is CC(C)CCOC(C)(C)CC(=O)O.C[C@@H]1OC(OCCOCCNC(=O)CCOCCOCCOCCOCCNC(=O)COc2cc(C(N)=O)cc(C(F)(F)F)c2)[C@H](O)CC1O. The third-order valence-electron chi connectivity index (χ3n) is 8.58. The second-order valence-electron chi connectivity index (χ2n) is 15.2. The standard InChI is InChI=1S/C31H48F3N3O13.C10H20O3/c1-21-25(38)19-26(39)30(50-21)48-15-14-45-6-3-36-27(40)2-5-43-8-10-46-12-13-47-11-9-44-7-4-37-28(41)20-49-24-17-22(29(35)42)16-23(18-24)31(32,33)34;1-8(2)5-6-13-10(3,4)7-9(11)12/h16-18,21,25-26,30,38-39H,2-15,19-20H2,1H3,(H2,35,42)(H,36,40)(H,37,41);8H,5-7H2,1-4H3,(H,11,12)/t21-,25?,26+,30?;/m0./s1. The van der Waals surface area contributed by atoms with Gasteiger partial charge in [-0.3, -0.25) is 19.2 Å². The van der Waals surface area contributed by atoms with Gasteiger partial charge in [0.2, 0.25) is 11.8 Å². The Bertz CT molecular complexity index is 1460. The number of hydrogen-bond acceptors (Lipinski definition) is 15. The Kier molecular flexibility index (Phi) is 29.1. The minimum absolute atomic E-state index is 0.0606. The highest BCUT2D eigenvalue weighted by Crippen LogP contribution is 2.32. The van der Waals surface area contributed by atoms with Crippen LogP contribution in [0.15, 0.2) is 18.2 Å². The first-order valence-electron chi connectivity index (χ1n) is 20.8. The molecule has 3 amide bonds. The highest BCUT2D eigenvalue weighted by molar-refractivity contribution is 5.93. The molecular formula is C41H68F3N3O16. The summed E-state index contributed by atoms with van der Waals surface area (Å²) in [7, 11) is 0. The third kappa shape index (κ3) is 29.4. The molecular weight excluding hydrogens is 847 g/mol. The number of amides is 3. The summed E-state index contributed by atoms with van der Waals surface area (Å²) >= 11 is 0. The van der Waals surface area contributed by atoms with Gasteiger partial charge in [0.1, 0.15) is 11.9 Å². The maximum Gasteiger partial charge on any atom is 0.416 e. The normalized spacial score (nSPS) is 17.8. The van der Waals surface area contributed by atoms with E-state index in [1.54, 1.807) is 20.8 Å². The lowest BCUT2D eigenvalue weighted by Gasteiger charge is -2.35. The van der Waals surface area contributed by atoms with Gasteiger partial charge in [0.05, 0.1) is 102 Å². The molecule has 364 valence electrons. The van der Waals surface area contributed by atoms with E-state index < -0.39 is 71.9 Å². The Balaban J connectivity index is 0.00000131. The molecule has 0 spiro atoms. The van der Waals surface area contributed by atoms with E-state index in [4.69, 9.17) is 53.5 Å². The van der Waals surface area contributed by atoms with E-state index in [-0.39, 0.29) is 83.7 Å². The highest BCUT2D eigenvalue weighted by Gasteiger charge is 2.34. The maximum atomic E-state index is 13.0. The fraction of sp³-hybridized carbons (Fsp3) is 0.756. The predicted octanol–water partition coefficient (Wildman–Crippen LogP) is 2.06. The van der Waals surface area contributed by atoms with Gasteiger partial charge in [-0.05, 0) is 51.3 Å². The molecule has 0 bridgehead atoms. The van der Waals surface area contributed by atoms with Crippen LogP contribution in [0.4, 0.5) is 13.2 Å². The zero-order valence-electron chi connectivity index (χ0n) is 36.9. The zero-order valence-corrected chi connectivity index (χ0v) is 36.9. The minimum Gasteiger partial charge on any atom is -0.484 e. The predicted molar refractivity (Wildman–Crippen MR) is 219 cm³/mol. The molecule has 2 unspecified atom stereocenters. The number of aliphatic hydroxyl groups excluding tert-OH is 2. The van der Waals surface area contributed by atoms with Crippen LogP contribution in [0.3, 0.4) is 0 Å². The molecule has 1 heterocycles. The van der Waals surface area contributed by atoms with E-state index in [1.807, 2.05) is 0 Å². The van der Waals surface area contributed by atoms with Gasteiger partial charge in [-0.2, -0.15) is 13.2 Å². The number of carboxylic acids is 1. The van der Waals surface area contributed by atoms with Crippen molar-refractivity contribution in [3.63, 3.8) is 0 Å². The molecule has 1 saturated heterocycles. The van der Waals surface area contributed by atoms with Crippen LogP contribution in [0, 0.1) is 5.92 Å². The molecule has 1 aromatic carbocycles. The molecule has 22 heteroatoms. The largest absolute Gasteiger partial charge is 0.484 e. The Hall–Kier alpha value is -3.71. The minimum atomic E-state index is -4.72. The zero-order chi connectivity index (χ0) is 47.3. The van der Waals surface area contributed by atoms with Crippen LogP contribution in [0.1, 0.15) is 76.2 Å². The number of hydrogen-bond donors (Lipinski definition) is 6. The molecule has 63 heavy (non-hydrogen) atoms. The van der Waals surface area contributed by atoms with E-state index in [0.717, 1.165) is 12.5 Å². The summed E-state index contributed by atoms with van der Waals surface area (Å²) in [6.45, 7) is 13.0. The number of carboxylic acid groups (broad SMARTS) is 1. The average molecular weight is 916 g/mol. The number of alkyl halides is 3. The van der Waals surface area contributed by atoms with Gasteiger partial charge in [-0.25, -0.2) is 0 Å². The van der Waals surface area contributed by atoms with Crippen molar-refractivity contribution in [2.75, 3.05) is 99.0 Å². The molecule has 1 fully saturated rings. The monoisotopic (exact) mass is 915 g/mol. The first-order valence-corrected chi connectivity index (χ1v) is 20.8. The van der Waals surface area contributed by atoms with Crippen molar-refractivity contribution in [2.45, 2.75) is 96.7 Å². The number of nitrogens with one attached hydrogen (secondary N) is 2. The second-order valence-corrected chi connectivity index (χ2v) is 15.2. The summed E-state index contributed by atoms with van der Waals surface area (Å²) in [4.78, 5) is 45.5. The highest BCUT2D eigenvalue weighted by atomic mass is 19.4. The molecule has 7 N–H and O–H groups in total. The number of benzene rings is 1. The van der Waals surface area contributed by atoms with Crippen molar-refractivity contribution in [3.05, 3.63) is 29.3 Å². The van der Waals surface area contributed by atoms with Gasteiger partial charge in [0, 0.05) is 38.1 Å². The van der Waals surface area contributed by atoms with Crippen molar-refractivity contribution in [1.29, 1.82) is 0 Å². The van der Waals surface area contributed by atoms with Crippen molar-refractivity contribution >= 4 is 23.7 Å². The fourth-order valence-electron chi connectivity index (χ4n) is 5.13. The smallest absolute Gasteiger partial charge is 0.416 e. The van der Waals surface area contributed by atoms with E-state index in [2.05, 4.69) is 24.5 Å². The molecule has 4 atom stereocenters. The quantitative estimate of drug-likeness (QED) is 0.0566. The summed E-state index contributed by atoms with van der Waals surface area (Å²) < 4.78 is 87.3. The number of carbonyl (C=O) groups excluding carboxylic acids is 3. The van der Waals surface area contributed by atoms with Crippen LogP contribution in [-0.2, 0) is 58.5 Å². The number of ether oxygens (including phenoxy) is 9. The lowest BCUT2D eigenvalue weighted by molar-refractivity contribution is -0.263. The van der Waals surface area contributed by atoms with Crippen molar-refractivity contribution < 1.29 is 90.3 Å². The molecule has 2 rings (SSSR count). The topological polar surface area (TPSA) is 262 Å². The van der Waals surface area contributed by atoms with Crippen molar-refractivity contribution in [3.8, 4) is 5.75 Å². The van der Waals surface area contributed by atoms with Gasteiger partial charge in [0.15, 0.2) is 12.9 Å². The Labute approximate surface area is 366 Å². The van der Waals surface area contributed by atoms with Gasteiger partial charge >= 0.3 is 12.1 Å². The number of aliphatic hydroxyl groups is 2. The Morgan fingerprint density at radius 1 is 0.794 bits per heavy atom. The van der Waals surface area contributed by atoms with Gasteiger partial charge in [-0.15, -0.1) is 0 Å². The summed E-state index contributed by atoms with van der Waals surface area (Å²) in [6.07, 6.45) is -6.18. The molecule has 1 aliphatic rings. The molecule has 0 aromatic heterocycles. The third-order valence-corrected chi connectivity index (χ3v) is 8.58. The van der Waals surface area contributed by atoms with Gasteiger partial charge in [0.25, 0.3) is 5.91 Å². The van der Waals surface area contributed by atoms with E-state index in [1.165, 1.54) is 0 Å². The summed E-state index contributed by atoms with van der Waals surface area (Å²) in [6, 6.07) is 2.30. The van der Waals surface area contributed by atoms with Gasteiger partial charge < -0.3 is 74.3 Å². The number of aliphatic carboxylic acids is 1. The lowest BCUT2D eigenvalue weighted by Crippen LogP contribution is -2.47. The van der Waals surface area contributed by atoms with E-state index in [9.17, 15) is 42.6 Å². The Morgan fingerprint density at radius 3 is 1.87 bits per heavy atom. The first kappa shape index (κ1) is 57.3. The Morgan fingerprint density at radius 2 is 1.33 bits per heavy atom. The van der Waals surface area contributed by atoms with E-state index in [0.29, 0.717) is 57.6 Å². The summed E-state index contributed by atoms with van der Waals surface area (Å²) in [5.41, 5.74) is 3.01.